The van der Waals surface area contributed by atoms with E-state index in [1.807, 2.05) is 0 Å². The summed E-state index contributed by atoms with van der Waals surface area (Å²) < 4.78 is 109. The number of alkyl halides is 8. The molecule has 1 saturated heterocycles. The number of halogens is 8. The Bertz CT molecular complexity index is 362. The van der Waals surface area contributed by atoms with E-state index in [-0.39, 0.29) is 12.2 Å². The first-order chi connectivity index (χ1) is 8.29. The summed E-state index contributed by atoms with van der Waals surface area (Å²) in [7, 11) is 0. The zero-order valence-corrected chi connectivity index (χ0v) is 8.91. The van der Waals surface area contributed by atoms with Gasteiger partial charge in [0.25, 0.3) is 11.7 Å². The van der Waals surface area contributed by atoms with E-state index in [1.165, 1.54) is 0 Å². The van der Waals surface area contributed by atoms with Crippen molar-refractivity contribution in [1.82, 2.24) is 0 Å². The Kier molecular flexibility index (Phi) is 3.28. The molecule has 0 unspecified atom stereocenters. The lowest BCUT2D eigenvalue weighted by Gasteiger charge is -2.31. The zero-order valence-electron chi connectivity index (χ0n) is 8.91. The summed E-state index contributed by atoms with van der Waals surface area (Å²) in [5.41, 5.74) is 0. The van der Waals surface area contributed by atoms with Crippen molar-refractivity contribution in [3.05, 3.63) is 25.3 Å². The highest BCUT2D eigenvalue weighted by molar-refractivity contribution is 5.15. The highest BCUT2D eigenvalue weighted by atomic mass is 19.4. The first-order valence-corrected chi connectivity index (χ1v) is 4.47. The molecule has 0 spiro atoms. The van der Waals surface area contributed by atoms with Gasteiger partial charge in [-0.25, -0.2) is 8.78 Å². The van der Waals surface area contributed by atoms with Crippen molar-refractivity contribution in [2.75, 3.05) is 0 Å². The van der Waals surface area contributed by atoms with E-state index in [9.17, 15) is 35.1 Å². The number of ether oxygens (including phenoxy) is 2. The van der Waals surface area contributed by atoms with Crippen LogP contribution in [-0.4, -0.2) is 29.8 Å². The molecule has 1 heterocycles. The third-order valence-corrected chi connectivity index (χ3v) is 2.32. The number of hydrogen-bond acceptors (Lipinski definition) is 2. The molecule has 0 bridgehead atoms. The lowest BCUT2D eigenvalue weighted by Crippen LogP contribution is -2.58. The summed E-state index contributed by atoms with van der Waals surface area (Å²) in [6.07, 6.45) is -13.0. The predicted molar refractivity (Wildman–Crippen MR) is 45.1 cm³/mol. The molecule has 0 saturated carbocycles. The summed E-state index contributed by atoms with van der Waals surface area (Å²) in [6.45, 7) is 5.17. The molecule has 1 rings (SSSR count). The van der Waals surface area contributed by atoms with Crippen LogP contribution in [0.15, 0.2) is 25.3 Å². The van der Waals surface area contributed by atoms with Gasteiger partial charge in [0.05, 0.1) is 0 Å². The molecule has 1 aliphatic rings. The summed E-state index contributed by atoms with van der Waals surface area (Å²) in [5.74, 6) is -13.8. The largest absolute Gasteiger partial charge is 0.453 e. The van der Waals surface area contributed by atoms with Crippen LogP contribution >= 0.6 is 0 Å². The van der Waals surface area contributed by atoms with Crippen molar-refractivity contribution >= 4 is 0 Å². The van der Waals surface area contributed by atoms with E-state index in [0.29, 0.717) is 0 Å². The highest BCUT2D eigenvalue weighted by Crippen LogP contribution is 2.59. The molecule has 110 valence electrons. The first-order valence-electron chi connectivity index (χ1n) is 4.47. The van der Waals surface area contributed by atoms with Crippen molar-refractivity contribution in [3.8, 4) is 0 Å². The third-order valence-electron chi connectivity index (χ3n) is 2.32. The quantitative estimate of drug-likeness (QED) is 0.573. The smallest absolute Gasteiger partial charge is 0.289 e. The molecule has 19 heavy (non-hydrogen) atoms. The van der Waals surface area contributed by atoms with Gasteiger partial charge in [0, 0.05) is 0 Å². The van der Waals surface area contributed by atoms with Crippen LogP contribution in [0.5, 0.6) is 0 Å². The van der Waals surface area contributed by atoms with Crippen LogP contribution in [0.4, 0.5) is 35.1 Å². The number of rotatable bonds is 2. The lowest BCUT2D eigenvalue weighted by atomic mass is 10.1. The monoisotopic (exact) mass is 298 g/mol. The fourth-order valence-electron chi connectivity index (χ4n) is 1.33. The Balaban J connectivity index is 3.51. The minimum absolute atomic E-state index is 0.214. The maximum absolute atomic E-state index is 13.7. The molecule has 0 amide bonds. The van der Waals surface area contributed by atoms with Crippen molar-refractivity contribution in [1.29, 1.82) is 0 Å². The molecule has 0 radical (unpaired) electrons. The molecule has 0 N–H and O–H groups in total. The van der Waals surface area contributed by atoms with E-state index in [2.05, 4.69) is 22.6 Å². The van der Waals surface area contributed by atoms with Crippen LogP contribution in [0.25, 0.3) is 0 Å². The molecule has 1 fully saturated rings. The van der Waals surface area contributed by atoms with Crippen LogP contribution in [0.1, 0.15) is 0 Å². The van der Waals surface area contributed by atoms with E-state index in [1.54, 1.807) is 0 Å². The molecule has 2 atom stereocenters. The standard InChI is InChI=1S/C9H6F8O2/c1-3-5(10)6(11,4-2)19-7(18-5,8(12,13)14)9(15,16)17/h3-4H,1-2H2/t5-,6-/m1/s1. The second-order valence-electron chi connectivity index (χ2n) is 3.51. The topological polar surface area (TPSA) is 18.5 Å². The van der Waals surface area contributed by atoms with Gasteiger partial charge < -0.3 is 0 Å². The second-order valence-corrected chi connectivity index (χ2v) is 3.51. The minimum Gasteiger partial charge on any atom is -0.289 e. The summed E-state index contributed by atoms with van der Waals surface area (Å²) in [4.78, 5) is 0. The molecule has 0 aromatic heterocycles. The third kappa shape index (κ3) is 1.93. The highest BCUT2D eigenvalue weighted by Gasteiger charge is 2.85. The van der Waals surface area contributed by atoms with Crippen LogP contribution in [0.2, 0.25) is 0 Å². The van der Waals surface area contributed by atoms with Gasteiger partial charge in [0.2, 0.25) is 0 Å². The average Bonchev–Trinajstić information content (AvgIpc) is 2.49. The SMILES string of the molecule is C=C[C@@]1(F)OC(C(F)(F)F)(C(F)(F)F)O[C@]1(F)C=C. The minimum atomic E-state index is -6.28. The number of hydrogen-bond donors (Lipinski definition) is 0. The van der Waals surface area contributed by atoms with Gasteiger partial charge >= 0.3 is 18.1 Å². The Morgan fingerprint density at radius 3 is 1.16 bits per heavy atom. The summed E-state index contributed by atoms with van der Waals surface area (Å²) in [6, 6.07) is 0. The van der Waals surface area contributed by atoms with Crippen molar-refractivity contribution in [3.63, 3.8) is 0 Å². The predicted octanol–water partition coefficient (Wildman–Crippen LogP) is 3.56. The molecule has 0 aromatic carbocycles. The molecule has 10 heteroatoms. The van der Waals surface area contributed by atoms with E-state index >= 15 is 0 Å². The fourth-order valence-corrected chi connectivity index (χ4v) is 1.33. The maximum Gasteiger partial charge on any atom is 0.453 e. The van der Waals surface area contributed by atoms with Gasteiger partial charge in [-0.2, -0.15) is 26.3 Å². The molecular formula is C9H6F8O2. The van der Waals surface area contributed by atoms with Gasteiger partial charge in [-0.15, -0.1) is 0 Å². The Hall–Kier alpha value is -1.16. The van der Waals surface area contributed by atoms with Crippen molar-refractivity contribution in [2.24, 2.45) is 0 Å². The summed E-state index contributed by atoms with van der Waals surface area (Å²) >= 11 is 0. The second kappa shape index (κ2) is 3.92. The van der Waals surface area contributed by atoms with Crippen molar-refractivity contribution in [2.45, 2.75) is 29.8 Å². The van der Waals surface area contributed by atoms with Crippen LogP contribution in [-0.2, 0) is 9.47 Å². The fraction of sp³-hybridized carbons (Fsp3) is 0.556. The lowest BCUT2D eigenvalue weighted by molar-refractivity contribution is -0.456. The Morgan fingerprint density at radius 2 is 1.00 bits per heavy atom. The van der Waals surface area contributed by atoms with Crippen molar-refractivity contribution < 1.29 is 44.6 Å². The normalized spacial score (nSPS) is 35.2. The molecule has 1 aliphatic heterocycles. The van der Waals surface area contributed by atoms with Gasteiger partial charge in [-0.3, -0.25) is 9.47 Å². The van der Waals surface area contributed by atoms with E-state index in [0.717, 1.165) is 0 Å². The van der Waals surface area contributed by atoms with Crippen LogP contribution in [0.3, 0.4) is 0 Å². The molecule has 0 aliphatic carbocycles. The summed E-state index contributed by atoms with van der Waals surface area (Å²) in [5, 5.41) is 0. The van der Waals surface area contributed by atoms with Crippen LogP contribution < -0.4 is 0 Å². The van der Waals surface area contributed by atoms with Crippen LogP contribution in [0, 0.1) is 0 Å². The average molecular weight is 298 g/mol. The van der Waals surface area contributed by atoms with Gasteiger partial charge in [-0.1, -0.05) is 13.2 Å². The van der Waals surface area contributed by atoms with Gasteiger partial charge in [0.1, 0.15) is 0 Å². The zero-order chi connectivity index (χ0) is 15.3. The van der Waals surface area contributed by atoms with E-state index in [4.69, 9.17) is 0 Å². The van der Waals surface area contributed by atoms with E-state index < -0.39 is 29.8 Å². The first kappa shape index (κ1) is 15.9. The molecule has 0 aromatic rings. The van der Waals surface area contributed by atoms with Gasteiger partial charge in [0.15, 0.2) is 0 Å². The Morgan fingerprint density at radius 1 is 0.737 bits per heavy atom. The maximum atomic E-state index is 13.7. The Labute approximate surface area is 101 Å². The molecule has 2 nitrogen and oxygen atoms in total. The van der Waals surface area contributed by atoms with Gasteiger partial charge in [-0.05, 0) is 12.2 Å². The molecular weight excluding hydrogens is 292 g/mol.